The summed E-state index contributed by atoms with van der Waals surface area (Å²) >= 11 is 0. The minimum Gasteiger partial charge on any atom is -0.474 e. The largest absolute Gasteiger partial charge is 0.501 e. The van der Waals surface area contributed by atoms with Gasteiger partial charge in [-0.1, -0.05) is 12.1 Å². The Morgan fingerprint density at radius 2 is 2.00 bits per heavy atom. The van der Waals surface area contributed by atoms with Crippen molar-refractivity contribution < 1.29 is 28.2 Å². The number of hydrogen-bond donors (Lipinski definition) is 1. The van der Waals surface area contributed by atoms with E-state index in [9.17, 15) is 18.4 Å². The first-order chi connectivity index (χ1) is 6.97. The first-order valence-corrected chi connectivity index (χ1v) is 3.82. The molecule has 0 radical (unpaired) electrons. The minimum absolute atomic E-state index is 0.140. The molecule has 0 aliphatic heterocycles. The Balaban J connectivity index is 2.98. The van der Waals surface area contributed by atoms with Gasteiger partial charge in [-0.05, 0) is 12.1 Å². The maximum Gasteiger partial charge on any atom is 0.501 e. The smallest absolute Gasteiger partial charge is 0.474 e. The average molecular weight is 216 g/mol. The standard InChI is InChI=1S/C9H6F2O4/c10-9(11,8(13)14)15-7-4-2-1-3-6(7)5-12/h1-5H,(H,13,14). The van der Waals surface area contributed by atoms with Gasteiger partial charge >= 0.3 is 12.1 Å². The number of alkyl halides is 2. The quantitative estimate of drug-likeness (QED) is 0.775. The Labute approximate surface area is 83.1 Å². The number of halogens is 2. The predicted octanol–water partition coefficient (Wildman–Crippen LogP) is 1.56. The normalized spacial score (nSPS) is 10.8. The summed E-state index contributed by atoms with van der Waals surface area (Å²) in [6.07, 6.45) is -4.05. The van der Waals surface area contributed by atoms with Gasteiger partial charge in [-0.3, -0.25) is 4.79 Å². The van der Waals surface area contributed by atoms with Gasteiger partial charge < -0.3 is 9.84 Å². The monoisotopic (exact) mass is 216 g/mol. The van der Waals surface area contributed by atoms with Gasteiger partial charge in [0, 0.05) is 0 Å². The molecule has 0 fully saturated rings. The number of para-hydroxylation sites is 1. The molecule has 0 saturated heterocycles. The van der Waals surface area contributed by atoms with Gasteiger partial charge in [0.1, 0.15) is 5.75 Å². The van der Waals surface area contributed by atoms with Crippen LogP contribution in [0.2, 0.25) is 0 Å². The van der Waals surface area contributed by atoms with Crippen LogP contribution >= 0.6 is 0 Å². The van der Waals surface area contributed by atoms with Crippen LogP contribution in [0.25, 0.3) is 0 Å². The van der Waals surface area contributed by atoms with Crippen molar-refractivity contribution in [1.82, 2.24) is 0 Å². The van der Waals surface area contributed by atoms with Crippen LogP contribution in [-0.4, -0.2) is 23.5 Å². The zero-order valence-corrected chi connectivity index (χ0v) is 7.31. The summed E-state index contributed by atoms with van der Waals surface area (Å²) in [7, 11) is 0. The Bertz CT molecular complexity index is 389. The molecule has 1 aromatic carbocycles. The molecule has 15 heavy (non-hydrogen) atoms. The molecule has 1 aromatic rings. The highest BCUT2D eigenvalue weighted by Crippen LogP contribution is 2.24. The zero-order chi connectivity index (χ0) is 11.5. The van der Waals surface area contributed by atoms with Gasteiger partial charge in [0.05, 0.1) is 5.56 Å². The maximum absolute atomic E-state index is 12.6. The molecule has 1 rings (SSSR count). The second-order valence-electron chi connectivity index (χ2n) is 2.58. The fourth-order valence-electron chi connectivity index (χ4n) is 0.853. The number of aliphatic carboxylic acids is 1. The zero-order valence-electron chi connectivity index (χ0n) is 7.31. The second kappa shape index (κ2) is 4.04. The number of carbonyl (C=O) groups is 2. The van der Waals surface area contributed by atoms with Crippen LogP contribution in [0.1, 0.15) is 10.4 Å². The second-order valence-corrected chi connectivity index (χ2v) is 2.58. The molecule has 6 heteroatoms. The Morgan fingerprint density at radius 1 is 1.40 bits per heavy atom. The van der Waals surface area contributed by atoms with E-state index in [4.69, 9.17) is 5.11 Å². The molecule has 0 aromatic heterocycles. The highest BCUT2D eigenvalue weighted by Gasteiger charge is 2.42. The molecule has 0 heterocycles. The number of benzene rings is 1. The molecule has 80 valence electrons. The van der Waals surface area contributed by atoms with E-state index in [1.54, 1.807) is 0 Å². The van der Waals surface area contributed by atoms with Crippen LogP contribution in [0, 0.1) is 0 Å². The lowest BCUT2D eigenvalue weighted by Gasteiger charge is -2.14. The van der Waals surface area contributed by atoms with Gasteiger partial charge in [-0.25, -0.2) is 4.79 Å². The van der Waals surface area contributed by atoms with Crippen molar-refractivity contribution in [3.63, 3.8) is 0 Å². The molecule has 0 amide bonds. The van der Waals surface area contributed by atoms with E-state index in [2.05, 4.69) is 4.74 Å². The third kappa shape index (κ3) is 2.49. The lowest BCUT2D eigenvalue weighted by Crippen LogP contribution is -2.35. The highest BCUT2D eigenvalue weighted by atomic mass is 19.3. The Hall–Kier alpha value is -1.98. The van der Waals surface area contributed by atoms with Crippen molar-refractivity contribution in [2.24, 2.45) is 0 Å². The fourth-order valence-corrected chi connectivity index (χ4v) is 0.853. The molecule has 0 aliphatic carbocycles. The third-order valence-electron chi connectivity index (χ3n) is 1.53. The lowest BCUT2D eigenvalue weighted by atomic mass is 10.2. The highest BCUT2D eigenvalue weighted by molar-refractivity contribution is 5.80. The molecule has 0 atom stereocenters. The summed E-state index contributed by atoms with van der Waals surface area (Å²) in [6.45, 7) is 0. The van der Waals surface area contributed by atoms with Crippen molar-refractivity contribution in [2.45, 2.75) is 6.11 Å². The molecule has 0 unspecified atom stereocenters. The lowest BCUT2D eigenvalue weighted by molar-refractivity contribution is -0.210. The molecular formula is C9H6F2O4. The average Bonchev–Trinajstić information content (AvgIpc) is 2.18. The van der Waals surface area contributed by atoms with Crippen LogP contribution in [0.3, 0.4) is 0 Å². The number of ether oxygens (including phenoxy) is 1. The van der Waals surface area contributed by atoms with Crippen molar-refractivity contribution in [2.75, 3.05) is 0 Å². The summed E-state index contributed by atoms with van der Waals surface area (Å²) in [5.74, 6) is -2.89. The summed E-state index contributed by atoms with van der Waals surface area (Å²) < 4.78 is 29.1. The van der Waals surface area contributed by atoms with Gasteiger partial charge in [-0.2, -0.15) is 8.78 Å². The molecule has 1 N–H and O–H groups in total. The number of aldehydes is 1. The summed E-state index contributed by atoms with van der Waals surface area (Å²) in [5.41, 5.74) is -0.140. The Morgan fingerprint density at radius 3 is 2.53 bits per heavy atom. The van der Waals surface area contributed by atoms with E-state index in [1.807, 2.05) is 0 Å². The van der Waals surface area contributed by atoms with Crippen molar-refractivity contribution >= 4 is 12.3 Å². The summed E-state index contributed by atoms with van der Waals surface area (Å²) in [4.78, 5) is 20.5. The van der Waals surface area contributed by atoms with Crippen molar-refractivity contribution in [3.05, 3.63) is 29.8 Å². The van der Waals surface area contributed by atoms with Gasteiger partial charge in [-0.15, -0.1) is 0 Å². The van der Waals surface area contributed by atoms with Crippen molar-refractivity contribution in [1.29, 1.82) is 0 Å². The molecular weight excluding hydrogens is 210 g/mol. The van der Waals surface area contributed by atoms with E-state index in [1.165, 1.54) is 18.2 Å². The molecule has 0 saturated carbocycles. The van der Waals surface area contributed by atoms with Crippen LogP contribution in [0.4, 0.5) is 8.78 Å². The van der Waals surface area contributed by atoms with Crippen molar-refractivity contribution in [3.8, 4) is 5.75 Å². The predicted molar refractivity (Wildman–Crippen MR) is 45.0 cm³/mol. The first kappa shape index (κ1) is 11.1. The van der Waals surface area contributed by atoms with Gasteiger partial charge in [0.2, 0.25) is 0 Å². The Kier molecular flexibility index (Phi) is 2.99. The molecule has 0 bridgehead atoms. The number of carboxylic acid groups (broad SMARTS) is 1. The molecule has 0 spiro atoms. The minimum atomic E-state index is -4.35. The van der Waals surface area contributed by atoms with E-state index in [-0.39, 0.29) is 5.56 Å². The van der Waals surface area contributed by atoms with E-state index in [0.29, 0.717) is 6.29 Å². The summed E-state index contributed by atoms with van der Waals surface area (Å²) in [5, 5.41) is 8.10. The number of rotatable bonds is 4. The SMILES string of the molecule is O=Cc1ccccc1OC(F)(F)C(=O)O. The maximum atomic E-state index is 12.6. The number of carboxylic acids is 1. The first-order valence-electron chi connectivity index (χ1n) is 3.82. The third-order valence-corrected chi connectivity index (χ3v) is 1.53. The summed E-state index contributed by atoms with van der Waals surface area (Å²) in [6, 6.07) is 5.11. The van der Waals surface area contributed by atoms with Crippen LogP contribution in [0.5, 0.6) is 5.75 Å². The topological polar surface area (TPSA) is 63.6 Å². The van der Waals surface area contributed by atoms with E-state index < -0.39 is 17.8 Å². The van der Waals surface area contributed by atoms with Gasteiger partial charge in [0.25, 0.3) is 0 Å². The fraction of sp³-hybridized carbons (Fsp3) is 0.111. The van der Waals surface area contributed by atoms with E-state index >= 15 is 0 Å². The molecule has 0 aliphatic rings. The van der Waals surface area contributed by atoms with E-state index in [0.717, 1.165) is 6.07 Å². The number of carbonyl (C=O) groups excluding carboxylic acids is 1. The number of hydrogen-bond acceptors (Lipinski definition) is 3. The van der Waals surface area contributed by atoms with Crippen LogP contribution in [0.15, 0.2) is 24.3 Å². The van der Waals surface area contributed by atoms with Crippen LogP contribution in [-0.2, 0) is 4.79 Å². The van der Waals surface area contributed by atoms with Gasteiger partial charge in [0.15, 0.2) is 6.29 Å². The molecule has 4 nitrogen and oxygen atoms in total. The van der Waals surface area contributed by atoms with Crippen LogP contribution < -0.4 is 4.74 Å².